The molecule has 2 N–H and O–H groups in total. The molecule has 0 aliphatic heterocycles. The van der Waals surface area contributed by atoms with Gasteiger partial charge in [0, 0.05) is 18.2 Å². The Kier molecular flexibility index (Phi) is 8.30. The van der Waals surface area contributed by atoms with Crippen molar-refractivity contribution in [2.75, 3.05) is 13.2 Å². The van der Waals surface area contributed by atoms with Crippen molar-refractivity contribution in [2.45, 2.75) is 27.3 Å². The molecule has 2 aromatic carbocycles. The highest BCUT2D eigenvalue weighted by Gasteiger charge is 2.16. The van der Waals surface area contributed by atoms with Gasteiger partial charge >= 0.3 is 0 Å². The monoisotopic (exact) mass is 448 g/mol. The van der Waals surface area contributed by atoms with Gasteiger partial charge in [0.05, 0.1) is 19.5 Å². The van der Waals surface area contributed by atoms with Crippen molar-refractivity contribution < 1.29 is 23.5 Å². The number of hydrogen-bond donors (Lipinski definition) is 2. The van der Waals surface area contributed by atoms with Crippen LogP contribution in [-0.4, -0.2) is 25.0 Å². The second-order valence-electron chi connectivity index (χ2n) is 7.23. The zero-order valence-corrected chi connectivity index (χ0v) is 19.0. The molecule has 0 fully saturated rings. The standard InChI is InChI=1S/C26H28N2O5/c1-4-31-23-12-11-19(15-24(23)32-5-2)17-27-26(30)22(16-21-10-7-13-33-21)28-25(29)20-9-6-8-18(3)14-20/h6-16H,4-5,17H2,1-3H3,(H,27,30)(H,28,29)/b22-16-. The minimum atomic E-state index is -0.445. The maximum absolute atomic E-state index is 13.0. The van der Waals surface area contributed by atoms with Crippen molar-refractivity contribution >= 4 is 17.9 Å². The number of aryl methyl sites for hydroxylation is 1. The lowest BCUT2D eigenvalue weighted by atomic mass is 10.1. The van der Waals surface area contributed by atoms with Crippen molar-refractivity contribution in [3.05, 3.63) is 89.0 Å². The lowest BCUT2D eigenvalue weighted by Gasteiger charge is -2.14. The molecule has 0 saturated carbocycles. The zero-order chi connectivity index (χ0) is 23.6. The second kappa shape index (κ2) is 11.6. The van der Waals surface area contributed by atoms with Gasteiger partial charge in [0.2, 0.25) is 0 Å². The molecule has 0 bridgehead atoms. The number of carbonyl (C=O) groups excluding carboxylic acids is 2. The highest BCUT2D eigenvalue weighted by molar-refractivity contribution is 6.05. The van der Waals surface area contributed by atoms with E-state index >= 15 is 0 Å². The fraction of sp³-hybridized carbons (Fsp3) is 0.231. The highest BCUT2D eigenvalue weighted by Crippen LogP contribution is 2.28. The third-order valence-electron chi connectivity index (χ3n) is 4.66. The number of furan rings is 1. The number of rotatable bonds is 10. The largest absolute Gasteiger partial charge is 0.490 e. The van der Waals surface area contributed by atoms with Crippen molar-refractivity contribution in [1.82, 2.24) is 10.6 Å². The van der Waals surface area contributed by atoms with E-state index in [1.54, 1.807) is 30.3 Å². The summed E-state index contributed by atoms with van der Waals surface area (Å²) in [6.07, 6.45) is 2.99. The molecule has 0 spiro atoms. The van der Waals surface area contributed by atoms with Gasteiger partial charge in [-0.25, -0.2) is 0 Å². The van der Waals surface area contributed by atoms with Gasteiger partial charge in [0.15, 0.2) is 11.5 Å². The van der Waals surface area contributed by atoms with Gasteiger partial charge in [0.25, 0.3) is 11.8 Å². The second-order valence-corrected chi connectivity index (χ2v) is 7.23. The topological polar surface area (TPSA) is 89.8 Å². The summed E-state index contributed by atoms with van der Waals surface area (Å²) in [6, 6.07) is 16.1. The van der Waals surface area contributed by atoms with Crippen LogP contribution in [0.15, 0.2) is 71.0 Å². The number of benzene rings is 2. The van der Waals surface area contributed by atoms with Crippen molar-refractivity contribution in [1.29, 1.82) is 0 Å². The van der Waals surface area contributed by atoms with E-state index < -0.39 is 5.91 Å². The van der Waals surface area contributed by atoms with Crippen LogP contribution in [0.4, 0.5) is 0 Å². The van der Waals surface area contributed by atoms with Crippen LogP contribution in [0.3, 0.4) is 0 Å². The highest BCUT2D eigenvalue weighted by atomic mass is 16.5. The minimum Gasteiger partial charge on any atom is -0.490 e. The molecule has 0 aliphatic carbocycles. The quantitative estimate of drug-likeness (QED) is 0.447. The number of amides is 2. The fourth-order valence-electron chi connectivity index (χ4n) is 3.14. The molecule has 0 saturated heterocycles. The zero-order valence-electron chi connectivity index (χ0n) is 19.0. The number of carbonyl (C=O) groups is 2. The third kappa shape index (κ3) is 6.74. The normalized spacial score (nSPS) is 11.1. The van der Waals surface area contributed by atoms with Crippen molar-refractivity contribution in [3.63, 3.8) is 0 Å². The number of hydrogen-bond acceptors (Lipinski definition) is 5. The van der Waals surface area contributed by atoms with Gasteiger partial charge in [-0.3, -0.25) is 9.59 Å². The van der Waals surface area contributed by atoms with Crippen LogP contribution in [0.1, 0.15) is 41.1 Å². The van der Waals surface area contributed by atoms with Crippen molar-refractivity contribution in [3.8, 4) is 11.5 Å². The Labute approximate surface area is 193 Å². The van der Waals surface area contributed by atoms with E-state index in [0.29, 0.717) is 36.0 Å². The summed E-state index contributed by atoms with van der Waals surface area (Å²) in [7, 11) is 0. The molecule has 0 radical (unpaired) electrons. The van der Waals surface area contributed by atoms with Crippen LogP contribution in [0.2, 0.25) is 0 Å². The Hall–Kier alpha value is -4.00. The van der Waals surface area contributed by atoms with Crippen LogP contribution in [0.25, 0.3) is 6.08 Å². The fourth-order valence-corrected chi connectivity index (χ4v) is 3.14. The smallest absolute Gasteiger partial charge is 0.268 e. The minimum absolute atomic E-state index is 0.0763. The summed E-state index contributed by atoms with van der Waals surface area (Å²) >= 11 is 0. The predicted octanol–water partition coefficient (Wildman–Crippen LogP) is 4.47. The Morgan fingerprint density at radius 2 is 1.76 bits per heavy atom. The summed E-state index contributed by atoms with van der Waals surface area (Å²) in [5.41, 5.74) is 2.32. The first-order valence-corrected chi connectivity index (χ1v) is 10.8. The van der Waals surface area contributed by atoms with Gasteiger partial charge in [-0.15, -0.1) is 0 Å². The lowest BCUT2D eigenvalue weighted by Crippen LogP contribution is -2.34. The molecule has 33 heavy (non-hydrogen) atoms. The summed E-state index contributed by atoms with van der Waals surface area (Å²) in [4.78, 5) is 25.7. The third-order valence-corrected chi connectivity index (χ3v) is 4.66. The summed E-state index contributed by atoms with van der Waals surface area (Å²) < 4.78 is 16.6. The molecule has 0 unspecified atom stereocenters. The summed E-state index contributed by atoms with van der Waals surface area (Å²) in [5.74, 6) is 0.887. The van der Waals surface area contributed by atoms with Gasteiger partial charge < -0.3 is 24.5 Å². The van der Waals surface area contributed by atoms with E-state index in [1.807, 2.05) is 45.0 Å². The Morgan fingerprint density at radius 1 is 0.970 bits per heavy atom. The Balaban J connectivity index is 1.75. The first kappa shape index (κ1) is 23.7. The van der Waals surface area contributed by atoms with E-state index in [-0.39, 0.29) is 18.1 Å². The molecule has 3 rings (SSSR count). The molecule has 0 atom stereocenters. The van der Waals surface area contributed by atoms with E-state index in [9.17, 15) is 9.59 Å². The van der Waals surface area contributed by atoms with Crippen molar-refractivity contribution in [2.24, 2.45) is 0 Å². The molecular weight excluding hydrogens is 420 g/mol. The van der Waals surface area contributed by atoms with E-state index in [2.05, 4.69) is 10.6 Å². The first-order chi connectivity index (χ1) is 16.0. The molecular formula is C26H28N2O5. The molecule has 0 aliphatic rings. The molecule has 7 heteroatoms. The van der Waals surface area contributed by atoms with Gasteiger partial charge in [-0.2, -0.15) is 0 Å². The van der Waals surface area contributed by atoms with Gasteiger partial charge in [-0.1, -0.05) is 23.8 Å². The van der Waals surface area contributed by atoms with Crippen LogP contribution in [0.5, 0.6) is 11.5 Å². The van der Waals surface area contributed by atoms with Crippen LogP contribution < -0.4 is 20.1 Å². The lowest BCUT2D eigenvalue weighted by molar-refractivity contribution is -0.117. The molecule has 2 amide bonds. The maximum atomic E-state index is 13.0. The molecule has 1 aromatic heterocycles. The molecule has 1 heterocycles. The molecule has 3 aromatic rings. The van der Waals surface area contributed by atoms with Gasteiger partial charge in [0.1, 0.15) is 11.5 Å². The van der Waals surface area contributed by atoms with E-state index in [1.165, 1.54) is 12.3 Å². The Morgan fingerprint density at radius 3 is 2.45 bits per heavy atom. The van der Waals surface area contributed by atoms with Crippen LogP contribution >= 0.6 is 0 Å². The maximum Gasteiger partial charge on any atom is 0.268 e. The predicted molar refractivity (Wildman–Crippen MR) is 126 cm³/mol. The average Bonchev–Trinajstić information content (AvgIpc) is 3.32. The number of ether oxygens (including phenoxy) is 2. The first-order valence-electron chi connectivity index (χ1n) is 10.8. The van der Waals surface area contributed by atoms with E-state index in [0.717, 1.165) is 11.1 Å². The Bertz CT molecular complexity index is 1120. The summed E-state index contributed by atoms with van der Waals surface area (Å²) in [5, 5.41) is 5.54. The van der Waals surface area contributed by atoms with E-state index in [4.69, 9.17) is 13.9 Å². The molecule has 172 valence electrons. The average molecular weight is 449 g/mol. The van der Waals surface area contributed by atoms with Gasteiger partial charge in [-0.05, 0) is 62.7 Å². The summed E-state index contributed by atoms with van der Waals surface area (Å²) in [6.45, 7) is 6.96. The number of nitrogens with one attached hydrogen (secondary N) is 2. The molecule has 7 nitrogen and oxygen atoms in total. The SMILES string of the molecule is CCOc1ccc(CNC(=O)/C(=C/c2ccco2)NC(=O)c2cccc(C)c2)cc1OCC. The van der Waals surface area contributed by atoms with Crippen LogP contribution in [0, 0.1) is 6.92 Å². The van der Waals surface area contributed by atoms with Crippen LogP contribution in [-0.2, 0) is 11.3 Å².